The summed E-state index contributed by atoms with van der Waals surface area (Å²) < 4.78 is 6.56. The summed E-state index contributed by atoms with van der Waals surface area (Å²) in [6.45, 7) is 6.79. The zero-order valence-corrected chi connectivity index (χ0v) is 40.1. The molecule has 0 N–H and O–H groups in total. The van der Waals surface area contributed by atoms with Crippen LogP contribution >= 0.6 is 0 Å². The van der Waals surface area contributed by atoms with E-state index in [1.165, 1.54) is 66.4 Å². The largest absolute Gasteiger partial charge is 0.456 e. The van der Waals surface area contributed by atoms with Crippen molar-refractivity contribution in [3.8, 4) is 44.5 Å². The van der Waals surface area contributed by atoms with Crippen molar-refractivity contribution in [2.75, 3.05) is 4.90 Å². The number of furan rings is 1. The minimum Gasteiger partial charge on any atom is -0.456 e. The van der Waals surface area contributed by atoms with Gasteiger partial charge >= 0.3 is 0 Å². The van der Waals surface area contributed by atoms with Crippen LogP contribution in [0.5, 0.6) is 0 Å². The number of nitrogens with zero attached hydrogens (tertiary/aromatic N) is 1. The first-order valence-corrected chi connectivity index (χ1v) is 24.7. The molecule has 0 saturated heterocycles. The first-order valence-electron chi connectivity index (χ1n) is 24.7. The lowest BCUT2D eigenvalue weighted by Gasteiger charge is -2.34. The lowest BCUT2D eigenvalue weighted by molar-refractivity contribution is 0.590. The van der Waals surface area contributed by atoms with Gasteiger partial charge in [-0.3, -0.25) is 0 Å². The van der Waals surface area contributed by atoms with Crippen molar-refractivity contribution in [1.82, 2.24) is 0 Å². The van der Waals surface area contributed by atoms with Crippen molar-refractivity contribution in [1.29, 1.82) is 0 Å². The van der Waals surface area contributed by atoms with Gasteiger partial charge in [0, 0.05) is 27.7 Å². The molecule has 71 heavy (non-hydrogen) atoms. The molecule has 338 valence electrons. The number of anilines is 3. The second-order valence-corrected chi connectivity index (χ2v) is 20.0. The van der Waals surface area contributed by atoms with Gasteiger partial charge in [-0.25, -0.2) is 0 Å². The molecule has 1 aliphatic rings. The van der Waals surface area contributed by atoms with Gasteiger partial charge in [-0.05, 0) is 125 Å². The van der Waals surface area contributed by atoms with E-state index in [0.29, 0.717) is 0 Å². The van der Waals surface area contributed by atoms with E-state index >= 15 is 0 Å². The molecule has 2 heteroatoms. The Labute approximate surface area is 415 Å². The van der Waals surface area contributed by atoms with E-state index in [4.69, 9.17) is 4.42 Å². The highest BCUT2D eigenvalue weighted by molar-refractivity contribution is 6.18. The van der Waals surface area contributed by atoms with Gasteiger partial charge < -0.3 is 9.32 Å². The fraction of sp³-hybridized carbons (Fsp3) is 0.0725. The Morgan fingerprint density at radius 3 is 1.58 bits per heavy atom. The highest BCUT2D eigenvalue weighted by Crippen LogP contribution is 2.58. The molecule has 11 aromatic carbocycles. The summed E-state index contributed by atoms with van der Waals surface area (Å²) in [6, 6.07) is 93.7. The Balaban J connectivity index is 1.02. The third kappa shape index (κ3) is 6.93. The number of hydrogen-bond donors (Lipinski definition) is 0. The summed E-state index contributed by atoms with van der Waals surface area (Å²) in [6.07, 6.45) is 0. The number of benzene rings is 11. The fourth-order valence-electron chi connectivity index (χ4n) is 11.5. The molecule has 0 spiro atoms. The van der Waals surface area contributed by atoms with E-state index in [-0.39, 0.29) is 5.41 Å². The minimum atomic E-state index is -0.503. The van der Waals surface area contributed by atoms with E-state index in [9.17, 15) is 0 Å². The summed E-state index contributed by atoms with van der Waals surface area (Å²) in [4.78, 5) is 2.48. The van der Waals surface area contributed by atoms with E-state index in [2.05, 4.69) is 280 Å². The monoisotopic (exact) mass is 909 g/mol. The second-order valence-electron chi connectivity index (χ2n) is 20.0. The number of rotatable bonds is 8. The van der Waals surface area contributed by atoms with Crippen LogP contribution in [0.1, 0.15) is 48.6 Å². The first kappa shape index (κ1) is 42.4. The molecule has 0 unspecified atom stereocenters. The van der Waals surface area contributed by atoms with Crippen molar-refractivity contribution in [2.24, 2.45) is 0 Å². The van der Waals surface area contributed by atoms with E-state index in [0.717, 1.165) is 55.7 Å². The number of hydrogen-bond acceptors (Lipinski definition) is 2. The molecule has 13 rings (SSSR count). The van der Waals surface area contributed by atoms with Crippen LogP contribution in [0, 0.1) is 0 Å². The molecule has 0 saturated carbocycles. The molecule has 1 heterocycles. The molecule has 0 fully saturated rings. The fourth-order valence-corrected chi connectivity index (χ4v) is 11.5. The second kappa shape index (κ2) is 16.8. The number of para-hydroxylation sites is 1. The van der Waals surface area contributed by atoms with Crippen LogP contribution in [0.2, 0.25) is 0 Å². The van der Waals surface area contributed by atoms with E-state index in [1.54, 1.807) is 0 Å². The smallest absolute Gasteiger partial charge is 0.136 e. The first-order chi connectivity index (χ1) is 34.8. The molecule has 0 amide bonds. The third-order valence-electron chi connectivity index (χ3n) is 14.9. The lowest BCUT2D eigenvalue weighted by atomic mass is 9.68. The summed E-state index contributed by atoms with van der Waals surface area (Å²) in [5, 5.41) is 4.57. The van der Waals surface area contributed by atoms with Gasteiger partial charge in [0.25, 0.3) is 0 Å². The Hall–Kier alpha value is -8.72. The molecule has 2 nitrogen and oxygen atoms in total. The van der Waals surface area contributed by atoms with Crippen molar-refractivity contribution in [3.05, 3.63) is 283 Å². The maximum absolute atomic E-state index is 6.56. The van der Waals surface area contributed by atoms with Crippen molar-refractivity contribution >= 4 is 49.8 Å². The van der Waals surface area contributed by atoms with Crippen LogP contribution in [0.3, 0.4) is 0 Å². The minimum absolute atomic E-state index is 0.116. The SMILES string of the molecule is CC(C)(C)c1ccc(-c2ccc(-c3ccc(N(c4ccc5c(c4)-c4ccccc4C5(c4ccccc4)c4ccccc4)c4ccc5ccccc5c4-c4cccc5oc6ccccc6c45)cc3)cc2)cc1. The van der Waals surface area contributed by atoms with Crippen molar-refractivity contribution < 1.29 is 4.42 Å². The predicted molar refractivity (Wildman–Crippen MR) is 298 cm³/mol. The van der Waals surface area contributed by atoms with Crippen LogP contribution in [-0.2, 0) is 10.8 Å². The van der Waals surface area contributed by atoms with E-state index in [1.807, 2.05) is 0 Å². The summed E-state index contributed by atoms with van der Waals surface area (Å²) in [5.74, 6) is 0. The Kier molecular flexibility index (Phi) is 10.0. The van der Waals surface area contributed by atoms with Gasteiger partial charge in [0.15, 0.2) is 0 Å². The molecule has 0 atom stereocenters. The molecule has 0 bridgehead atoms. The van der Waals surface area contributed by atoms with Gasteiger partial charge in [-0.15, -0.1) is 0 Å². The van der Waals surface area contributed by atoms with Crippen molar-refractivity contribution in [2.45, 2.75) is 31.6 Å². The van der Waals surface area contributed by atoms with Crippen LogP contribution in [-0.4, -0.2) is 0 Å². The van der Waals surface area contributed by atoms with Gasteiger partial charge in [0.05, 0.1) is 11.1 Å². The number of fused-ring (bicyclic) bond motifs is 7. The highest BCUT2D eigenvalue weighted by atomic mass is 16.3. The third-order valence-corrected chi connectivity index (χ3v) is 14.9. The molecule has 0 aliphatic heterocycles. The molecule has 1 aliphatic carbocycles. The Morgan fingerprint density at radius 1 is 0.380 bits per heavy atom. The molecule has 0 radical (unpaired) electrons. The molecular weight excluding hydrogens is 859 g/mol. The van der Waals surface area contributed by atoms with Crippen LogP contribution < -0.4 is 4.90 Å². The Morgan fingerprint density at radius 2 is 0.901 bits per heavy atom. The Bertz CT molecular complexity index is 3890. The topological polar surface area (TPSA) is 16.4 Å². The summed E-state index contributed by atoms with van der Waals surface area (Å²) in [5.41, 5.74) is 20.5. The molecule has 1 aromatic heterocycles. The van der Waals surface area contributed by atoms with Gasteiger partial charge in [0.2, 0.25) is 0 Å². The molecular formula is C69H51NO. The van der Waals surface area contributed by atoms with Gasteiger partial charge in [-0.1, -0.05) is 233 Å². The maximum Gasteiger partial charge on any atom is 0.136 e. The van der Waals surface area contributed by atoms with Crippen LogP contribution in [0.15, 0.2) is 259 Å². The average Bonchev–Trinajstić information content (AvgIpc) is 3.96. The predicted octanol–water partition coefficient (Wildman–Crippen LogP) is 18.9. The zero-order valence-electron chi connectivity index (χ0n) is 40.1. The summed E-state index contributed by atoms with van der Waals surface area (Å²) >= 11 is 0. The quantitative estimate of drug-likeness (QED) is 0.151. The van der Waals surface area contributed by atoms with Crippen molar-refractivity contribution in [3.63, 3.8) is 0 Å². The molecule has 12 aromatic rings. The van der Waals surface area contributed by atoms with Gasteiger partial charge in [0.1, 0.15) is 11.2 Å². The zero-order chi connectivity index (χ0) is 47.7. The van der Waals surface area contributed by atoms with Crippen LogP contribution in [0.4, 0.5) is 17.1 Å². The highest BCUT2D eigenvalue weighted by Gasteiger charge is 2.46. The standard InChI is InChI=1S/C69H51NO/c1-68(2,3)51-38-33-48(34-39-51)46-29-31-47(32-30-46)49-35-40-54(41-36-49)70(63-44-37-50-17-10-11-22-56(50)66(63)59-25-16-28-65-67(59)58-24-13-15-27-64(58)71-65)55-42-43-62-60(45-55)57-23-12-14-26-61(57)69(62,52-18-6-4-7-19-52)53-20-8-5-9-21-53/h4-45H,1-3H3. The average molecular weight is 910 g/mol. The summed E-state index contributed by atoms with van der Waals surface area (Å²) in [7, 11) is 0. The van der Waals surface area contributed by atoms with E-state index < -0.39 is 5.41 Å². The van der Waals surface area contributed by atoms with Gasteiger partial charge in [-0.2, -0.15) is 0 Å². The lowest BCUT2D eigenvalue weighted by Crippen LogP contribution is -2.28. The maximum atomic E-state index is 6.56. The van der Waals surface area contributed by atoms with Crippen LogP contribution in [0.25, 0.3) is 77.2 Å². The normalized spacial score (nSPS) is 12.8.